The number of halogens is 1. The summed E-state index contributed by atoms with van der Waals surface area (Å²) in [6.07, 6.45) is 0. The molecular formula is C27H29ClN2O6S. The molecule has 3 aromatic carbocycles. The van der Waals surface area contributed by atoms with Crippen molar-refractivity contribution in [3.63, 3.8) is 0 Å². The van der Waals surface area contributed by atoms with Crippen LogP contribution in [0.25, 0.3) is 11.1 Å². The number of aryl methyl sites for hydroxylation is 4. The van der Waals surface area contributed by atoms with Crippen LogP contribution in [-0.4, -0.2) is 45.2 Å². The molecule has 0 spiro atoms. The van der Waals surface area contributed by atoms with Crippen LogP contribution < -0.4 is 10.0 Å². The lowest BCUT2D eigenvalue weighted by Crippen LogP contribution is -2.44. The van der Waals surface area contributed by atoms with Gasteiger partial charge in [-0.05, 0) is 85.3 Å². The highest BCUT2D eigenvalue weighted by atomic mass is 35.5. The SMILES string of the molecule is COC(=O)C(CO)NC(=O)c1c(C)cc(-c2cccc(NS(=O)(=O)c3cc(C)c(Cl)cc3C)c2)cc1C. The highest BCUT2D eigenvalue weighted by molar-refractivity contribution is 7.92. The van der Waals surface area contributed by atoms with Crippen LogP contribution in [0.3, 0.4) is 0 Å². The number of hydrogen-bond acceptors (Lipinski definition) is 6. The molecule has 1 unspecified atom stereocenters. The maximum absolute atomic E-state index is 13.1. The van der Waals surface area contributed by atoms with Crippen molar-refractivity contribution in [1.82, 2.24) is 5.32 Å². The molecule has 0 aliphatic rings. The largest absolute Gasteiger partial charge is 0.467 e. The first kappa shape index (κ1) is 28.2. The molecule has 3 aromatic rings. The molecule has 1 amide bonds. The average molecular weight is 545 g/mol. The van der Waals surface area contributed by atoms with Crippen LogP contribution in [0, 0.1) is 27.7 Å². The molecule has 0 saturated carbocycles. The standard InChI is InChI=1S/C27H29ClN2O6S/c1-15-12-24(16(2)11-22(15)28)37(34,35)30-21-8-6-7-19(13-21)20-9-17(3)25(18(4)10-20)26(32)29-23(14-31)27(33)36-5/h6-13,23,30-31H,14H2,1-5H3,(H,29,32). The van der Waals surface area contributed by atoms with Gasteiger partial charge in [0.25, 0.3) is 15.9 Å². The van der Waals surface area contributed by atoms with Crippen LogP contribution in [0.2, 0.25) is 5.02 Å². The molecule has 1 atom stereocenters. The van der Waals surface area contributed by atoms with E-state index < -0.39 is 34.5 Å². The molecule has 37 heavy (non-hydrogen) atoms. The molecule has 0 radical (unpaired) electrons. The van der Waals surface area contributed by atoms with Crippen molar-refractivity contribution in [2.24, 2.45) is 0 Å². The first-order chi connectivity index (χ1) is 17.4. The van der Waals surface area contributed by atoms with Crippen molar-refractivity contribution in [3.05, 3.63) is 81.4 Å². The van der Waals surface area contributed by atoms with E-state index in [-0.39, 0.29) is 4.90 Å². The fraction of sp³-hybridized carbons (Fsp3) is 0.259. The number of benzene rings is 3. The predicted octanol–water partition coefficient (Wildman–Crippen LogP) is 4.31. The van der Waals surface area contributed by atoms with E-state index in [1.54, 1.807) is 70.2 Å². The highest BCUT2D eigenvalue weighted by Crippen LogP contribution is 2.30. The molecule has 3 N–H and O–H groups in total. The third-order valence-corrected chi connectivity index (χ3v) is 7.86. The smallest absolute Gasteiger partial charge is 0.330 e. The summed E-state index contributed by atoms with van der Waals surface area (Å²) in [7, 11) is -2.68. The summed E-state index contributed by atoms with van der Waals surface area (Å²) in [6, 6.07) is 12.5. The number of nitrogens with one attached hydrogen (secondary N) is 2. The number of sulfonamides is 1. The maximum atomic E-state index is 13.1. The number of aliphatic hydroxyl groups excluding tert-OH is 1. The third-order valence-electron chi connectivity index (χ3n) is 5.93. The van der Waals surface area contributed by atoms with E-state index in [2.05, 4.69) is 14.8 Å². The topological polar surface area (TPSA) is 122 Å². The maximum Gasteiger partial charge on any atom is 0.330 e. The second-order valence-corrected chi connectivity index (χ2v) is 10.8. The summed E-state index contributed by atoms with van der Waals surface area (Å²) in [5.74, 6) is -1.26. The molecular weight excluding hydrogens is 516 g/mol. The first-order valence-corrected chi connectivity index (χ1v) is 13.2. The van der Waals surface area contributed by atoms with Gasteiger partial charge in [0.05, 0.1) is 18.6 Å². The molecule has 196 valence electrons. The van der Waals surface area contributed by atoms with E-state index in [0.717, 1.165) is 11.1 Å². The molecule has 10 heteroatoms. The van der Waals surface area contributed by atoms with Crippen molar-refractivity contribution in [2.75, 3.05) is 18.4 Å². The lowest BCUT2D eigenvalue weighted by molar-refractivity contribution is -0.143. The van der Waals surface area contributed by atoms with Crippen molar-refractivity contribution in [3.8, 4) is 11.1 Å². The van der Waals surface area contributed by atoms with Gasteiger partial charge in [0.2, 0.25) is 0 Å². The zero-order valence-corrected chi connectivity index (χ0v) is 22.8. The molecule has 0 bridgehead atoms. The van der Waals surface area contributed by atoms with Crippen LogP contribution in [0.1, 0.15) is 32.6 Å². The van der Waals surface area contributed by atoms with Gasteiger partial charge in [-0.3, -0.25) is 9.52 Å². The normalized spacial score (nSPS) is 12.1. The summed E-state index contributed by atoms with van der Waals surface area (Å²) in [5, 5.41) is 12.4. The number of amides is 1. The molecule has 3 rings (SSSR count). The van der Waals surface area contributed by atoms with Crippen molar-refractivity contribution in [1.29, 1.82) is 0 Å². The number of anilines is 1. The van der Waals surface area contributed by atoms with Gasteiger partial charge < -0.3 is 15.2 Å². The lowest BCUT2D eigenvalue weighted by Gasteiger charge is -2.17. The highest BCUT2D eigenvalue weighted by Gasteiger charge is 2.23. The summed E-state index contributed by atoms with van der Waals surface area (Å²) < 4.78 is 33.4. The molecule has 0 aromatic heterocycles. The Morgan fingerprint density at radius 1 is 0.946 bits per heavy atom. The van der Waals surface area contributed by atoms with Gasteiger partial charge in [0.15, 0.2) is 6.04 Å². The van der Waals surface area contributed by atoms with Crippen LogP contribution >= 0.6 is 11.6 Å². The van der Waals surface area contributed by atoms with E-state index in [1.165, 1.54) is 7.11 Å². The van der Waals surface area contributed by atoms with Gasteiger partial charge in [-0.25, -0.2) is 13.2 Å². The molecule has 0 saturated heterocycles. The van der Waals surface area contributed by atoms with Crippen LogP contribution in [0.5, 0.6) is 0 Å². The monoisotopic (exact) mass is 544 g/mol. The van der Waals surface area contributed by atoms with E-state index in [9.17, 15) is 23.1 Å². The minimum absolute atomic E-state index is 0.148. The van der Waals surface area contributed by atoms with Crippen molar-refractivity contribution < 1.29 is 27.9 Å². The molecule has 8 nitrogen and oxygen atoms in total. The minimum Gasteiger partial charge on any atom is -0.467 e. The van der Waals surface area contributed by atoms with Gasteiger partial charge in [0, 0.05) is 16.3 Å². The van der Waals surface area contributed by atoms with Gasteiger partial charge in [-0.2, -0.15) is 0 Å². The number of ether oxygens (including phenoxy) is 1. The van der Waals surface area contributed by atoms with Crippen LogP contribution in [0.15, 0.2) is 53.4 Å². The fourth-order valence-electron chi connectivity index (χ4n) is 4.06. The number of methoxy groups -OCH3 is 1. The lowest BCUT2D eigenvalue weighted by atomic mass is 9.95. The Morgan fingerprint density at radius 3 is 2.19 bits per heavy atom. The molecule has 0 aliphatic carbocycles. The average Bonchev–Trinajstić information content (AvgIpc) is 2.83. The number of hydrogen-bond donors (Lipinski definition) is 3. The number of carbonyl (C=O) groups excluding carboxylic acids is 2. The van der Waals surface area contributed by atoms with E-state index in [4.69, 9.17) is 11.6 Å². The number of esters is 1. The Morgan fingerprint density at radius 2 is 1.59 bits per heavy atom. The Labute approximate surface area is 221 Å². The van der Waals surface area contributed by atoms with Gasteiger partial charge in [0.1, 0.15) is 0 Å². The summed E-state index contributed by atoms with van der Waals surface area (Å²) in [5.41, 5.74) is 4.76. The zero-order chi connectivity index (χ0) is 27.5. The first-order valence-electron chi connectivity index (χ1n) is 11.4. The quantitative estimate of drug-likeness (QED) is 0.363. The number of rotatable bonds is 8. The molecule has 0 fully saturated rings. The second-order valence-electron chi connectivity index (χ2n) is 8.77. The van der Waals surface area contributed by atoms with E-state index in [1.807, 2.05) is 6.07 Å². The number of carbonyl (C=O) groups is 2. The predicted molar refractivity (Wildman–Crippen MR) is 143 cm³/mol. The van der Waals surface area contributed by atoms with E-state index >= 15 is 0 Å². The van der Waals surface area contributed by atoms with Gasteiger partial charge >= 0.3 is 5.97 Å². The Hall–Kier alpha value is -3.40. The Balaban J connectivity index is 1.90. The van der Waals surface area contributed by atoms with Crippen LogP contribution in [0.4, 0.5) is 5.69 Å². The summed E-state index contributed by atoms with van der Waals surface area (Å²) in [4.78, 5) is 24.7. The zero-order valence-electron chi connectivity index (χ0n) is 21.2. The van der Waals surface area contributed by atoms with Crippen molar-refractivity contribution in [2.45, 2.75) is 38.6 Å². The van der Waals surface area contributed by atoms with Crippen LogP contribution in [-0.2, 0) is 19.6 Å². The Kier molecular flexibility index (Phi) is 8.63. The van der Waals surface area contributed by atoms with Crippen molar-refractivity contribution >= 4 is 39.2 Å². The van der Waals surface area contributed by atoms with E-state index in [0.29, 0.717) is 38.5 Å². The third kappa shape index (κ3) is 6.30. The summed E-state index contributed by atoms with van der Waals surface area (Å²) in [6.45, 7) is 6.36. The fourth-order valence-corrected chi connectivity index (χ4v) is 5.64. The summed E-state index contributed by atoms with van der Waals surface area (Å²) >= 11 is 6.12. The number of aliphatic hydroxyl groups is 1. The Bertz CT molecular complexity index is 1450. The molecule has 0 heterocycles. The van der Waals surface area contributed by atoms with Gasteiger partial charge in [-0.15, -0.1) is 0 Å². The molecule has 0 aliphatic heterocycles. The minimum atomic E-state index is -3.86. The van der Waals surface area contributed by atoms with Gasteiger partial charge in [-0.1, -0.05) is 35.9 Å². The second kappa shape index (κ2) is 11.3.